The number of benzene rings is 1. The van der Waals surface area contributed by atoms with Crippen molar-refractivity contribution in [2.45, 2.75) is 77.3 Å². The van der Waals surface area contributed by atoms with Crippen LogP contribution in [0.1, 0.15) is 74.0 Å². The summed E-state index contributed by atoms with van der Waals surface area (Å²) in [5.74, 6) is 0.608. The normalized spacial score (nSPS) is 22.5. The molecule has 1 aromatic heterocycles. The Morgan fingerprint density at radius 1 is 1.24 bits per heavy atom. The highest BCUT2D eigenvalue weighted by atomic mass is 16.5. The van der Waals surface area contributed by atoms with Crippen LogP contribution in [0.25, 0.3) is 0 Å². The molecule has 3 heterocycles. The molecule has 178 valence electrons. The van der Waals surface area contributed by atoms with E-state index in [0.29, 0.717) is 31.1 Å². The maximum Gasteiger partial charge on any atom is 0.255 e. The van der Waals surface area contributed by atoms with E-state index in [1.165, 1.54) is 5.56 Å². The molecule has 0 radical (unpaired) electrons. The molecule has 2 saturated heterocycles. The van der Waals surface area contributed by atoms with Gasteiger partial charge in [0, 0.05) is 44.3 Å². The zero-order valence-electron chi connectivity index (χ0n) is 20.3. The Hall–Kier alpha value is -2.44. The molecule has 2 atom stereocenters. The first-order valence-electron chi connectivity index (χ1n) is 12.2. The van der Waals surface area contributed by atoms with Crippen molar-refractivity contribution in [3.63, 3.8) is 0 Å². The summed E-state index contributed by atoms with van der Waals surface area (Å²) < 4.78 is 18.5. The van der Waals surface area contributed by atoms with Crippen LogP contribution in [0.4, 0.5) is 0 Å². The molecule has 0 aliphatic carbocycles. The molecule has 0 N–H and O–H groups in total. The third-order valence-corrected chi connectivity index (χ3v) is 6.63. The molecule has 2 aliphatic heterocycles. The van der Waals surface area contributed by atoms with Gasteiger partial charge in [0.2, 0.25) is 5.88 Å². The van der Waals surface area contributed by atoms with E-state index in [9.17, 15) is 4.79 Å². The van der Waals surface area contributed by atoms with Gasteiger partial charge in [-0.1, -0.05) is 30.3 Å². The number of pyridine rings is 1. The minimum Gasteiger partial charge on any atom is -0.475 e. The Morgan fingerprint density at radius 3 is 2.61 bits per heavy atom. The second kappa shape index (κ2) is 10.2. The van der Waals surface area contributed by atoms with Gasteiger partial charge < -0.3 is 19.1 Å². The van der Waals surface area contributed by atoms with E-state index in [2.05, 4.69) is 36.2 Å². The van der Waals surface area contributed by atoms with E-state index in [1.807, 2.05) is 37.8 Å². The van der Waals surface area contributed by atoms with Crippen LogP contribution in [0.15, 0.2) is 42.6 Å². The molecule has 6 heteroatoms. The topological polar surface area (TPSA) is 60.9 Å². The van der Waals surface area contributed by atoms with Crippen molar-refractivity contribution in [3.05, 3.63) is 59.3 Å². The van der Waals surface area contributed by atoms with E-state index in [0.717, 1.165) is 31.2 Å². The Balaban J connectivity index is 1.44. The number of rotatable bonds is 6. The van der Waals surface area contributed by atoms with Crippen molar-refractivity contribution >= 4 is 5.91 Å². The second-order valence-corrected chi connectivity index (χ2v) is 9.52. The zero-order chi connectivity index (χ0) is 23.4. The van der Waals surface area contributed by atoms with Gasteiger partial charge in [-0.05, 0) is 52.2 Å². The smallest absolute Gasteiger partial charge is 0.255 e. The molecule has 33 heavy (non-hydrogen) atoms. The Labute approximate surface area is 197 Å². The lowest BCUT2D eigenvalue weighted by Gasteiger charge is -2.48. The molecule has 2 aromatic rings. The maximum atomic E-state index is 13.2. The van der Waals surface area contributed by atoms with Gasteiger partial charge in [-0.2, -0.15) is 0 Å². The lowest BCUT2D eigenvalue weighted by Crippen LogP contribution is -2.52. The fourth-order valence-corrected chi connectivity index (χ4v) is 5.02. The number of ether oxygens (including phenoxy) is 3. The summed E-state index contributed by atoms with van der Waals surface area (Å²) in [5.41, 5.74) is 2.44. The lowest BCUT2D eigenvalue weighted by molar-refractivity contribution is -0.190. The summed E-state index contributed by atoms with van der Waals surface area (Å²) in [4.78, 5) is 19.5. The Morgan fingerprint density at radius 2 is 1.97 bits per heavy atom. The summed E-state index contributed by atoms with van der Waals surface area (Å²) in [6, 6.07) is 12.3. The van der Waals surface area contributed by atoms with Gasteiger partial charge >= 0.3 is 0 Å². The van der Waals surface area contributed by atoms with Gasteiger partial charge in [0.05, 0.1) is 29.5 Å². The second-order valence-electron chi connectivity index (χ2n) is 9.52. The van der Waals surface area contributed by atoms with E-state index in [4.69, 9.17) is 14.2 Å². The highest BCUT2D eigenvalue weighted by Gasteiger charge is 2.45. The quantitative estimate of drug-likeness (QED) is 0.610. The summed E-state index contributed by atoms with van der Waals surface area (Å²) in [6.45, 7) is 9.96. The monoisotopic (exact) mass is 452 g/mol. The third-order valence-electron chi connectivity index (χ3n) is 6.63. The van der Waals surface area contributed by atoms with Gasteiger partial charge in [-0.25, -0.2) is 4.98 Å². The molecule has 1 amide bonds. The molecule has 0 saturated carbocycles. The minimum absolute atomic E-state index is 0.0216. The van der Waals surface area contributed by atoms with Crippen LogP contribution in [0.2, 0.25) is 0 Å². The van der Waals surface area contributed by atoms with Crippen LogP contribution >= 0.6 is 0 Å². The minimum atomic E-state index is -0.251. The molecule has 1 spiro atoms. The molecule has 2 aliphatic rings. The van der Waals surface area contributed by atoms with Crippen molar-refractivity contribution in [2.75, 3.05) is 19.7 Å². The van der Waals surface area contributed by atoms with E-state index in [-0.39, 0.29) is 29.8 Å². The summed E-state index contributed by atoms with van der Waals surface area (Å²) in [7, 11) is 0. The molecule has 6 nitrogen and oxygen atoms in total. The van der Waals surface area contributed by atoms with Crippen LogP contribution in [0, 0.1) is 6.92 Å². The van der Waals surface area contributed by atoms with Crippen molar-refractivity contribution < 1.29 is 19.0 Å². The Kier molecular flexibility index (Phi) is 7.35. The molecule has 2 unspecified atom stereocenters. The standard InChI is InChI=1S/C27H36N2O4/c1-5-31-23-16-24(21-9-7-6-8-10-21)33-27(17-23)11-13-29(14-12-27)26(30)22-15-20(4)25(28-18-22)32-19(2)3/h6-10,15,18-19,23-24H,5,11-14,16-17H2,1-4H3. The van der Waals surface area contributed by atoms with Crippen LogP contribution < -0.4 is 4.74 Å². The molecule has 1 aromatic carbocycles. The van der Waals surface area contributed by atoms with Crippen LogP contribution in [-0.2, 0) is 9.47 Å². The summed E-state index contributed by atoms with van der Waals surface area (Å²) in [6.07, 6.45) is 5.26. The largest absolute Gasteiger partial charge is 0.475 e. The average Bonchev–Trinajstić information content (AvgIpc) is 2.81. The van der Waals surface area contributed by atoms with Gasteiger partial charge in [-0.15, -0.1) is 0 Å². The number of piperidine rings is 1. The highest BCUT2D eigenvalue weighted by molar-refractivity contribution is 5.94. The maximum absolute atomic E-state index is 13.2. The van der Waals surface area contributed by atoms with Gasteiger partial charge in [0.1, 0.15) is 0 Å². The molecule has 4 rings (SSSR count). The first kappa shape index (κ1) is 23.7. The fourth-order valence-electron chi connectivity index (χ4n) is 5.02. The predicted molar refractivity (Wildman–Crippen MR) is 128 cm³/mol. The first-order chi connectivity index (χ1) is 15.9. The first-order valence-corrected chi connectivity index (χ1v) is 12.2. The van der Waals surface area contributed by atoms with E-state index >= 15 is 0 Å². The number of aromatic nitrogens is 1. The molecular weight excluding hydrogens is 416 g/mol. The average molecular weight is 453 g/mol. The van der Waals surface area contributed by atoms with Gasteiger partial charge in [0.15, 0.2) is 0 Å². The fraction of sp³-hybridized carbons (Fsp3) is 0.556. The number of hydrogen-bond donors (Lipinski definition) is 0. The predicted octanol–water partition coefficient (Wildman–Crippen LogP) is 5.11. The van der Waals surface area contributed by atoms with Crippen LogP contribution in [-0.4, -0.2) is 53.3 Å². The molecule has 2 fully saturated rings. The van der Waals surface area contributed by atoms with Gasteiger partial charge in [0.25, 0.3) is 5.91 Å². The van der Waals surface area contributed by atoms with Crippen LogP contribution in [0.3, 0.4) is 0 Å². The SMILES string of the molecule is CCOC1CC(c2ccccc2)OC2(CCN(C(=O)c3cnc(OC(C)C)c(C)c3)CC2)C1. The number of carbonyl (C=O) groups excluding carboxylic acids is 1. The van der Waals surface area contributed by atoms with E-state index in [1.54, 1.807) is 6.20 Å². The highest BCUT2D eigenvalue weighted by Crippen LogP contribution is 2.44. The van der Waals surface area contributed by atoms with Crippen molar-refractivity contribution in [2.24, 2.45) is 0 Å². The number of nitrogens with zero attached hydrogens (tertiary/aromatic N) is 2. The molecule has 0 bridgehead atoms. The van der Waals surface area contributed by atoms with Gasteiger partial charge in [-0.3, -0.25) is 4.79 Å². The Bertz CT molecular complexity index is 938. The number of hydrogen-bond acceptors (Lipinski definition) is 5. The zero-order valence-corrected chi connectivity index (χ0v) is 20.3. The summed E-state index contributed by atoms with van der Waals surface area (Å²) >= 11 is 0. The number of amides is 1. The third kappa shape index (κ3) is 5.56. The number of likely N-dealkylation sites (tertiary alicyclic amines) is 1. The molecular formula is C27H36N2O4. The number of aryl methyl sites for hydroxylation is 1. The van der Waals surface area contributed by atoms with Crippen molar-refractivity contribution in [1.29, 1.82) is 0 Å². The lowest BCUT2D eigenvalue weighted by atomic mass is 9.80. The van der Waals surface area contributed by atoms with E-state index < -0.39 is 0 Å². The van der Waals surface area contributed by atoms with Crippen LogP contribution in [0.5, 0.6) is 5.88 Å². The van der Waals surface area contributed by atoms with Crippen molar-refractivity contribution in [1.82, 2.24) is 9.88 Å². The number of carbonyl (C=O) groups is 1. The van der Waals surface area contributed by atoms with Crippen molar-refractivity contribution in [3.8, 4) is 5.88 Å². The summed E-state index contributed by atoms with van der Waals surface area (Å²) in [5, 5.41) is 0.